The summed E-state index contributed by atoms with van der Waals surface area (Å²) in [5.41, 5.74) is 1.93. The highest BCUT2D eigenvalue weighted by molar-refractivity contribution is 5.25. The molecule has 0 saturated heterocycles. The quantitative estimate of drug-likeness (QED) is 0.849. The number of alkyl halides is 3. The van der Waals surface area contributed by atoms with Crippen LogP contribution in [0, 0.1) is 5.92 Å². The highest BCUT2D eigenvalue weighted by Crippen LogP contribution is 2.42. The number of benzene rings is 1. The maximum Gasteiger partial charge on any atom is 0.391 e. The van der Waals surface area contributed by atoms with Crippen molar-refractivity contribution >= 4 is 0 Å². The molecule has 1 aliphatic rings. The van der Waals surface area contributed by atoms with Gasteiger partial charge in [0.1, 0.15) is 0 Å². The minimum absolute atomic E-state index is 0.00109. The fraction of sp³-hybridized carbons (Fsp3) is 0.571. The molecule has 0 unspecified atom stereocenters. The van der Waals surface area contributed by atoms with Gasteiger partial charge in [0.2, 0.25) is 0 Å². The van der Waals surface area contributed by atoms with Crippen molar-refractivity contribution in [3.63, 3.8) is 0 Å². The maximum absolute atomic E-state index is 12.5. The molecule has 100 valence electrons. The normalized spacial score (nSPS) is 25.1. The van der Waals surface area contributed by atoms with Crippen LogP contribution in [0.25, 0.3) is 0 Å². The molecule has 0 aliphatic heterocycles. The predicted molar refractivity (Wildman–Crippen MR) is 63.1 cm³/mol. The Bertz CT molecular complexity index is 375. The zero-order valence-corrected chi connectivity index (χ0v) is 10.1. The number of aliphatic hydroxyl groups is 1. The number of halogens is 3. The molecule has 1 aromatic rings. The number of aliphatic hydroxyl groups excluding tert-OH is 1. The van der Waals surface area contributed by atoms with E-state index in [1.807, 2.05) is 24.3 Å². The third-order valence-electron chi connectivity index (χ3n) is 3.82. The summed E-state index contributed by atoms with van der Waals surface area (Å²) in [5, 5.41) is 8.94. The second-order valence-corrected chi connectivity index (χ2v) is 4.99. The van der Waals surface area contributed by atoms with E-state index in [0.29, 0.717) is 12.8 Å². The first-order valence-corrected chi connectivity index (χ1v) is 6.27. The molecule has 0 heterocycles. The minimum atomic E-state index is -4.04. The lowest BCUT2D eigenvalue weighted by Gasteiger charge is -2.30. The maximum atomic E-state index is 12.5. The van der Waals surface area contributed by atoms with Crippen LogP contribution in [-0.2, 0) is 6.61 Å². The van der Waals surface area contributed by atoms with Gasteiger partial charge in [0.25, 0.3) is 0 Å². The zero-order valence-electron chi connectivity index (χ0n) is 10.1. The van der Waals surface area contributed by atoms with E-state index in [1.165, 1.54) is 0 Å². The molecular formula is C14H17F3O. The Balaban J connectivity index is 1.96. The average Bonchev–Trinajstić information content (AvgIpc) is 2.38. The van der Waals surface area contributed by atoms with Crippen molar-refractivity contribution in [1.29, 1.82) is 0 Å². The Kier molecular flexibility index (Phi) is 3.95. The lowest BCUT2D eigenvalue weighted by molar-refractivity contribution is -0.182. The molecule has 18 heavy (non-hydrogen) atoms. The Labute approximate surface area is 105 Å². The molecule has 0 aromatic heterocycles. The molecule has 0 amide bonds. The second-order valence-electron chi connectivity index (χ2n) is 4.99. The molecule has 1 N–H and O–H groups in total. The van der Waals surface area contributed by atoms with Gasteiger partial charge in [-0.05, 0) is 42.7 Å². The van der Waals surface area contributed by atoms with Gasteiger partial charge < -0.3 is 5.11 Å². The smallest absolute Gasteiger partial charge is 0.391 e. The van der Waals surface area contributed by atoms with Crippen molar-refractivity contribution in [3.05, 3.63) is 35.4 Å². The summed E-state index contributed by atoms with van der Waals surface area (Å²) in [6, 6.07) is 7.52. The first-order chi connectivity index (χ1) is 8.50. The van der Waals surface area contributed by atoms with Crippen LogP contribution in [-0.4, -0.2) is 11.3 Å². The van der Waals surface area contributed by atoms with E-state index in [2.05, 4.69) is 0 Å². The highest BCUT2D eigenvalue weighted by Gasteiger charge is 2.41. The summed E-state index contributed by atoms with van der Waals surface area (Å²) in [5.74, 6) is -0.887. The van der Waals surface area contributed by atoms with Crippen molar-refractivity contribution < 1.29 is 18.3 Å². The van der Waals surface area contributed by atoms with Gasteiger partial charge in [-0.1, -0.05) is 24.3 Å². The van der Waals surface area contributed by atoms with Crippen molar-refractivity contribution in [2.45, 2.75) is 44.4 Å². The van der Waals surface area contributed by atoms with E-state index in [0.717, 1.165) is 11.1 Å². The van der Waals surface area contributed by atoms with E-state index in [9.17, 15) is 13.2 Å². The lowest BCUT2D eigenvalue weighted by Crippen LogP contribution is -2.27. The summed E-state index contributed by atoms with van der Waals surface area (Å²) in [7, 11) is 0. The predicted octanol–water partition coefficient (Wildman–Crippen LogP) is 4.02. The molecule has 0 radical (unpaired) electrons. The van der Waals surface area contributed by atoms with Gasteiger partial charge in [0.05, 0.1) is 12.5 Å². The average molecular weight is 258 g/mol. The molecule has 1 nitrogen and oxygen atoms in total. The Hall–Kier alpha value is -1.03. The van der Waals surface area contributed by atoms with E-state index < -0.39 is 12.1 Å². The number of rotatable bonds is 2. The number of hydrogen-bond donors (Lipinski definition) is 1. The summed E-state index contributed by atoms with van der Waals surface area (Å²) in [4.78, 5) is 0. The Morgan fingerprint density at radius 1 is 1.00 bits per heavy atom. The molecule has 0 atom stereocenters. The van der Waals surface area contributed by atoms with Crippen molar-refractivity contribution in [3.8, 4) is 0 Å². The molecule has 1 aromatic carbocycles. The van der Waals surface area contributed by atoms with Crippen LogP contribution in [0.3, 0.4) is 0 Å². The molecular weight excluding hydrogens is 241 g/mol. The molecule has 0 bridgehead atoms. The van der Waals surface area contributed by atoms with Crippen molar-refractivity contribution in [1.82, 2.24) is 0 Å². The van der Waals surface area contributed by atoms with Crippen LogP contribution in [0.5, 0.6) is 0 Å². The Morgan fingerprint density at radius 2 is 1.56 bits per heavy atom. The van der Waals surface area contributed by atoms with Crippen molar-refractivity contribution in [2.24, 2.45) is 5.92 Å². The van der Waals surface area contributed by atoms with Gasteiger partial charge in [-0.25, -0.2) is 0 Å². The third kappa shape index (κ3) is 3.05. The summed E-state index contributed by atoms with van der Waals surface area (Å²) < 4.78 is 37.6. The van der Waals surface area contributed by atoms with Gasteiger partial charge >= 0.3 is 6.18 Å². The largest absolute Gasteiger partial charge is 0.392 e. The van der Waals surface area contributed by atoms with Gasteiger partial charge in [-0.2, -0.15) is 13.2 Å². The molecule has 1 fully saturated rings. The van der Waals surface area contributed by atoms with E-state index in [1.54, 1.807) is 0 Å². The van der Waals surface area contributed by atoms with Gasteiger partial charge in [0.15, 0.2) is 0 Å². The first kappa shape index (κ1) is 13.4. The molecule has 1 aliphatic carbocycles. The second kappa shape index (κ2) is 5.31. The summed E-state index contributed by atoms with van der Waals surface area (Å²) >= 11 is 0. The summed E-state index contributed by atoms with van der Waals surface area (Å²) in [6.07, 6.45) is -2.37. The Morgan fingerprint density at radius 3 is 2.00 bits per heavy atom. The molecule has 4 heteroatoms. The molecule has 1 saturated carbocycles. The van der Waals surface area contributed by atoms with Crippen LogP contribution in [0.15, 0.2) is 24.3 Å². The summed E-state index contributed by atoms with van der Waals surface area (Å²) in [6.45, 7) is 0.00109. The highest BCUT2D eigenvalue weighted by atomic mass is 19.4. The van der Waals surface area contributed by atoms with Crippen LogP contribution >= 0.6 is 0 Å². The van der Waals surface area contributed by atoms with Crippen LogP contribution in [0.4, 0.5) is 13.2 Å². The SMILES string of the molecule is OCc1ccc([C@H]2CC[C@H](C(F)(F)F)CC2)cc1. The molecule has 0 spiro atoms. The monoisotopic (exact) mass is 258 g/mol. The first-order valence-electron chi connectivity index (χ1n) is 6.27. The fourth-order valence-electron chi connectivity index (χ4n) is 2.65. The molecule has 2 rings (SSSR count). The van der Waals surface area contributed by atoms with Crippen molar-refractivity contribution in [2.75, 3.05) is 0 Å². The van der Waals surface area contributed by atoms with Crippen LogP contribution < -0.4 is 0 Å². The number of hydrogen-bond acceptors (Lipinski definition) is 1. The van der Waals surface area contributed by atoms with Crippen LogP contribution in [0.1, 0.15) is 42.7 Å². The fourth-order valence-corrected chi connectivity index (χ4v) is 2.65. The van der Waals surface area contributed by atoms with E-state index in [-0.39, 0.29) is 25.4 Å². The van der Waals surface area contributed by atoms with Gasteiger partial charge in [-0.15, -0.1) is 0 Å². The standard InChI is InChI=1S/C14H17F3O/c15-14(16,17)13-7-5-12(6-8-13)11-3-1-10(9-18)2-4-11/h1-4,12-13,18H,5-9H2/t12-,13-. The third-order valence-corrected chi connectivity index (χ3v) is 3.82. The van der Waals surface area contributed by atoms with Gasteiger partial charge in [0, 0.05) is 0 Å². The zero-order chi connectivity index (χ0) is 13.2. The van der Waals surface area contributed by atoms with Crippen LogP contribution in [0.2, 0.25) is 0 Å². The van der Waals surface area contributed by atoms with E-state index in [4.69, 9.17) is 5.11 Å². The minimum Gasteiger partial charge on any atom is -0.392 e. The lowest BCUT2D eigenvalue weighted by atomic mass is 9.78. The van der Waals surface area contributed by atoms with Gasteiger partial charge in [-0.3, -0.25) is 0 Å². The topological polar surface area (TPSA) is 20.2 Å². The van der Waals surface area contributed by atoms with E-state index >= 15 is 0 Å².